The Kier molecular flexibility index (Phi) is 5.77. The smallest absolute Gasteiger partial charge is 0.315 e. The molecule has 1 atom stereocenters. The van der Waals surface area contributed by atoms with Crippen LogP contribution in [0.25, 0.3) is 0 Å². The van der Waals surface area contributed by atoms with E-state index in [1.54, 1.807) is 6.92 Å². The van der Waals surface area contributed by atoms with E-state index in [0.29, 0.717) is 24.7 Å². The molecule has 0 bridgehead atoms. The van der Waals surface area contributed by atoms with E-state index in [-0.39, 0.29) is 24.9 Å². The molecule has 0 saturated carbocycles. The molecule has 0 fully saturated rings. The summed E-state index contributed by atoms with van der Waals surface area (Å²) in [5.41, 5.74) is 0. The van der Waals surface area contributed by atoms with Gasteiger partial charge in [-0.15, -0.1) is 0 Å². The van der Waals surface area contributed by atoms with Crippen LogP contribution in [0.2, 0.25) is 0 Å². The van der Waals surface area contributed by atoms with Crippen molar-refractivity contribution in [3.8, 4) is 0 Å². The zero-order chi connectivity index (χ0) is 14.3. The summed E-state index contributed by atoms with van der Waals surface area (Å²) in [6.07, 6.45) is 0.631. The quantitative estimate of drug-likeness (QED) is 0.670. The van der Waals surface area contributed by atoms with Gasteiger partial charge in [0.2, 0.25) is 5.89 Å². The highest BCUT2D eigenvalue weighted by atomic mass is 16.5. The van der Waals surface area contributed by atoms with Crippen LogP contribution in [0, 0.1) is 12.8 Å². The van der Waals surface area contributed by atoms with Crippen molar-refractivity contribution in [1.29, 1.82) is 0 Å². The number of urea groups is 1. The van der Waals surface area contributed by atoms with Crippen molar-refractivity contribution in [2.45, 2.75) is 33.2 Å². The van der Waals surface area contributed by atoms with Crippen molar-refractivity contribution in [2.24, 2.45) is 5.92 Å². The van der Waals surface area contributed by atoms with E-state index in [0.717, 1.165) is 0 Å². The fourth-order valence-electron chi connectivity index (χ4n) is 1.37. The van der Waals surface area contributed by atoms with Gasteiger partial charge in [-0.3, -0.25) is 4.79 Å². The van der Waals surface area contributed by atoms with E-state index in [2.05, 4.69) is 20.8 Å². The molecule has 1 rings (SSSR count). The maximum atomic E-state index is 11.4. The Labute approximate surface area is 110 Å². The van der Waals surface area contributed by atoms with E-state index in [9.17, 15) is 9.59 Å². The highest BCUT2D eigenvalue weighted by molar-refractivity contribution is 5.73. The third-order valence-electron chi connectivity index (χ3n) is 2.44. The van der Waals surface area contributed by atoms with E-state index in [4.69, 9.17) is 9.63 Å². The van der Waals surface area contributed by atoms with Crippen molar-refractivity contribution >= 4 is 12.0 Å². The summed E-state index contributed by atoms with van der Waals surface area (Å²) in [5.74, 6) is 0.129. The first-order valence-corrected chi connectivity index (χ1v) is 6.00. The van der Waals surface area contributed by atoms with Gasteiger partial charge in [-0.2, -0.15) is 4.98 Å². The number of rotatable bonds is 7. The summed E-state index contributed by atoms with van der Waals surface area (Å²) in [6, 6.07) is -0.343. The fourth-order valence-corrected chi connectivity index (χ4v) is 1.37. The first-order valence-electron chi connectivity index (χ1n) is 6.00. The molecular formula is C11H18N4O4. The molecule has 1 heterocycles. The standard InChI is InChI=1S/C11H18N4O4/c1-7(3-4-10(16)17)5-12-11(18)13-6-9-14-8(2)19-15-9/h7H,3-6H2,1-2H3,(H,16,17)(H2,12,13,18). The summed E-state index contributed by atoms with van der Waals surface area (Å²) in [7, 11) is 0. The second-order valence-electron chi connectivity index (χ2n) is 4.33. The minimum atomic E-state index is -0.830. The second kappa shape index (κ2) is 7.34. The van der Waals surface area contributed by atoms with Crippen LogP contribution < -0.4 is 10.6 Å². The lowest BCUT2D eigenvalue weighted by atomic mass is 10.1. The summed E-state index contributed by atoms with van der Waals surface area (Å²) < 4.78 is 4.76. The van der Waals surface area contributed by atoms with Gasteiger partial charge in [-0.1, -0.05) is 12.1 Å². The van der Waals surface area contributed by atoms with Crippen LogP contribution in [-0.4, -0.2) is 33.8 Å². The molecule has 1 unspecified atom stereocenters. The number of amides is 2. The van der Waals surface area contributed by atoms with E-state index in [1.165, 1.54) is 0 Å². The number of aromatic nitrogens is 2. The van der Waals surface area contributed by atoms with E-state index >= 15 is 0 Å². The molecule has 0 aliphatic rings. The summed E-state index contributed by atoms with van der Waals surface area (Å²) in [5, 5.41) is 17.4. The molecule has 0 radical (unpaired) electrons. The first-order chi connectivity index (χ1) is 8.97. The first kappa shape index (κ1) is 14.9. The topological polar surface area (TPSA) is 117 Å². The van der Waals surface area contributed by atoms with Gasteiger partial charge >= 0.3 is 12.0 Å². The maximum Gasteiger partial charge on any atom is 0.315 e. The van der Waals surface area contributed by atoms with E-state index < -0.39 is 5.97 Å². The Bertz CT molecular complexity index is 432. The molecule has 19 heavy (non-hydrogen) atoms. The Hall–Kier alpha value is -2.12. The zero-order valence-electron chi connectivity index (χ0n) is 11.0. The van der Waals surface area contributed by atoms with Crippen molar-refractivity contribution < 1.29 is 19.2 Å². The predicted molar refractivity (Wildman–Crippen MR) is 65.3 cm³/mol. The number of carbonyl (C=O) groups is 2. The molecule has 8 heteroatoms. The van der Waals surface area contributed by atoms with Gasteiger partial charge < -0.3 is 20.3 Å². The monoisotopic (exact) mass is 270 g/mol. The van der Waals surface area contributed by atoms with Crippen LogP contribution in [0.4, 0.5) is 4.79 Å². The minimum Gasteiger partial charge on any atom is -0.481 e. The van der Waals surface area contributed by atoms with Gasteiger partial charge in [-0.25, -0.2) is 4.79 Å². The van der Waals surface area contributed by atoms with Gasteiger partial charge in [0, 0.05) is 19.9 Å². The Morgan fingerprint density at radius 1 is 1.42 bits per heavy atom. The van der Waals surface area contributed by atoms with Crippen molar-refractivity contribution in [2.75, 3.05) is 6.54 Å². The molecule has 0 aliphatic heterocycles. The summed E-state index contributed by atoms with van der Waals surface area (Å²) in [4.78, 5) is 25.8. The molecule has 0 aromatic carbocycles. The maximum absolute atomic E-state index is 11.4. The lowest BCUT2D eigenvalue weighted by Crippen LogP contribution is -2.37. The number of carboxylic acids is 1. The molecule has 2 amide bonds. The fraction of sp³-hybridized carbons (Fsp3) is 0.636. The van der Waals surface area contributed by atoms with Crippen LogP contribution in [0.3, 0.4) is 0 Å². The van der Waals surface area contributed by atoms with Gasteiger partial charge in [0.15, 0.2) is 5.82 Å². The number of hydrogen-bond donors (Lipinski definition) is 3. The second-order valence-corrected chi connectivity index (χ2v) is 4.33. The number of carboxylic acid groups (broad SMARTS) is 1. The Morgan fingerprint density at radius 2 is 2.16 bits per heavy atom. The van der Waals surface area contributed by atoms with Crippen molar-refractivity contribution in [3.05, 3.63) is 11.7 Å². The van der Waals surface area contributed by atoms with Gasteiger partial charge in [0.1, 0.15) is 0 Å². The number of carbonyl (C=O) groups excluding carboxylic acids is 1. The number of hydrogen-bond acceptors (Lipinski definition) is 5. The Balaban J connectivity index is 2.15. The van der Waals surface area contributed by atoms with Crippen LogP contribution >= 0.6 is 0 Å². The van der Waals surface area contributed by atoms with Crippen molar-refractivity contribution in [1.82, 2.24) is 20.8 Å². The van der Waals surface area contributed by atoms with Crippen molar-refractivity contribution in [3.63, 3.8) is 0 Å². The molecule has 0 spiro atoms. The number of aryl methyl sites for hydroxylation is 1. The third kappa shape index (κ3) is 6.39. The molecule has 0 saturated heterocycles. The van der Waals surface area contributed by atoms with Crippen LogP contribution in [-0.2, 0) is 11.3 Å². The zero-order valence-corrected chi connectivity index (χ0v) is 11.0. The Morgan fingerprint density at radius 3 is 2.74 bits per heavy atom. The molecule has 106 valence electrons. The minimum absolute atomic E-state index is 0.104. The van der Waals surface area contributed by atoms with Crippen LogP contribution in [0.1, 0.15) is 31.5 Å². The summed E-state index contributed by atoms with van der Waals surface area (Å²) in [6.45, 7) is 4.16. The largest absolute Gasteiger partial charge is 0.481 e. The highest BCUT2D eigenvalue weighted by Crippen LogP contribution is 2.03. The predicted octanol–water partition coefficient (Wildman–Crippen LogP) is 0.678. The normalized spacial score (nSPS) is 11.9. The molecule has 8 nitrogen and oxygen atoms in total. The number of aliphatic carboxylic acids is 1. The average Bonchev–Trinajstić information content (AvgIpc) is 2.77. The molecular weight excluding hydrogens is 252 g/mol. The van der Waals surface area contributed by atoms with Gasteiger partial charge in [-0.05, 0) is 12.3 Å². The number of nitrogens with one attached hydrogen (secondary N) is 2. The van der Waals surface area contributed by atoms with Crippen LogP contribution in [0.15, 0.2) is 4.52 Å². The highest BCUT2D eigenvalue weighted by Gasteiger charge is 2.08. The van der Waals surface area contributed by atoms with Gasteiger partial charge in [0.25, 0.3) is 0 Å². The molecule has 1 aromatic heterocycles. The number of nitrogens with zero attached hydrogens (tertiary/aromatic N) is 2. The molecule has 0 aliphatic carbocycles. The van der Waals surface area contributed by atoms with E-state index in [1.807, 2.05) is 6.92 Å². The third-order valence-corrected chi connectivity index (χ3v) is 2.44. The molecule has 3 N–H and O–H groups in total. The lowest BCUT2D eigenvalue weighted by molar-refractivity contribution is -0.137. The average molecular weight is 270 g/mol. The van der Waals surface area contributed by atoms with Gasteiger partial charge in [0.05, 0.1) is 6.54 Å². The molecule has 1 aromatic rings. The van der Waals surface area contributed by atoms with Crippen LogP contribution in [0.5, 0.6) is 0 Å². The summed E-state index contributed by atoms with van der Waals surface area (Å²) >= 11 is 0. The lowest BCUT2D eigenvalue weighted by Gasteiger charge is -2.11. The SMILES string of the molecule is Cc1nc(CNC(=O)NCC(C)CCC(=O)O)no1.